The van der Waals surface area contributed by atoms with Gasteiger partial charge in [0, 0.05) is 15.5 Å². The summed E-state index contributed by atoms with van der Waals surface area (Å²) in [5.74, 6) is -0.512. The fourth-order valence-electron chi connectivity index (χ4n) is 3.11. The van der Waals surface area contributed by atoms with Crippen LogP contribution in [-0.2, 0) is 4.74 Å². The van der Waals surface area contributed by atoms with E-state index in [0.29, 0.717) is 15.6 Å². The maximum absolute atomic E-state index is 13.1. The Labute approximate surface area is 167 Å². The van der Waals surface area contributed by atoms with Gasteiger partial charge >= 0.3 is 5.97 Å². The van der Waals surface area contributed by atoms with Crippen LogP contribution in [0.5, 0.6) is 0 Å². The van der Waals surface area contributed by atoms with Crippen molar-refractivity contribution in [3.05, 3.63) is 68.1 Å². The van der Waals surface area contributed by atoms with Crippen molar-refractivity contribution in [3.63, 3.8) is 0 Å². The van der Waals surface area contributed by atoms with E-state index in [9.17, 15) is 9.59 Å². The van der Waals surface area contributed by atoms with Crippen LogP contribution in [0.2, 0.25) is 0 Å². The summed E-state index contributed by atoms with van der Waals surface area (Å²) in [6, 6.07) is 15.1. The minimum absolute atomic E-state index is 0.176. The SMILES string of the molecule is CCOC(=O)c1sc2c(c1N)c(=O)c1ccccc1n2-c1ccc(Br)cc1. The van der Waals surface area contributed by atoms with Gasteiger partial charge in [0.25, 0.3) is 0 Å². The Balaban J connectivity index is 2.17. The number of hydrogen-bond acceptors (Lipinski definition) is 5. The lowest BCUT2D eigenvalue weighted by molar-refractivity contribution is 0.0533. The zero-order chi connectivity index (χ0) is 19.1. The van der Waals surface area contributed by atoms with Crippen molar-refractivity contribution in [1.82, 2.24) is 4.57 Å². The molecule has 4 aromatic rings. The molecule has 0 fully saturated rings. The Morgan fingerprint density at radius 2 is 1.89 bits per heavy atom. The van der Waals surface area contributed by atoms with Gasteiger partial charge in [-0.15, -0.1) is 11.3 Å². The number of carbonyl (C=O) groups excluding carboxylic acids is 1. The van der Waals surface area contributed by atoms with Crippen LogP contribution in [-0.4, -0.2) is 17.1 Å². The zero-order valence-electron chi connectivity index (χ0n) is 14.4. The number of halogens is 1. The molecule has 0 saturated carbocycles. The molecule has 2 heterocycles. The normalized spacial score (nSPS) is 11.2. The van der Waals surface area contributed by atoms with E-state index in [-0.39, 0.29) is 22.6 Å². The summed E-state index contributed by atoms with van der Waals surface area (Å²) in [6.45, 7) is 1.97. The average Bonchev–Trinajstić information content (AvgIpc) is 3.01. The van der Waals surface area contributed by atoms with Gasteiger partial charge in [-0.2, -0.15) is 0 Å². The first kappa shape index (κ1) is 17.8. The zero-order valence-corrected chi connectivity index (χ0v) is 16.8. The van der Waals surface area contributed by atoms with Crippen LogP contribution in [0.4, 0.5) is 5.69 Å². The lowest BCUT2D eigenvalue weighted by atomic mass is 10.1. The van der Waals surface area contributed by atoms with Crippen LogP contribution in [0.15, 0.2) is 57.8 Å². The largest absolute Gasteiger partial charge is 0.462 e. The number of thiophene rings is 1. The molecule has 7 heteroatoms. The summed E-state index contributed by atoms with van der Waals surface area (Å²) in [4.78, 5) is 26.3. The van der Waals surface area contributed by atoms with Gasteiger partial charge in [-0.25, -0.2) is 4.79 Å². The predicted octanol–water partition coefficient (Wildman–Crippen LogP) is 4.73. The molecule has 0 aliphatic carbocycles. The van der Waals surface area contributed by atoms with Crippen molar-refractivity contribution in [2.24, 2.45) is 0 Å². The second-order valence-electron chi connectivity index (χ2n) is 5.90. The Kier molecular flexibility index (Phi) is 4.49. The van der Waals surface area contributed by atoms with Crippen molar-refractivity contribution in [2.45, 2.75) is 6.92 Å². The Morgan fingerprint density at radius 1 is 1.19 bits per heavy atom. The number of anilines is 1. The van der Waals surface area contributed by atoms with E-state index in [1.165, 1.54) is 11.3 Å². The molecule has 4 rings (SSSR count). The third-order valence-corrected chi connectivity index (χ3v) is 5.99. The molecule has 0 atom stereocenters. The van der Waals surface area contributed by atoms with Crippen molar-refractivity contribution in [1.29, 1.82) is 0 Å². The molecule has 0 amide bonds. The summed E-state index contributed by atoms with van der Waals surface area (Å²) in [5, 5.41) is 0.900. The van der Waals surface area contributed by atoms with Crippen molar-refractivity contribution >= 4 is 60.0 Å². The molecule has 0 radical (unpaired) electrons. The number of nitrogens with zero attached hydrogens (tertiary/aromatic N) is 1. The van der Waals surface area contributed by atoms with E-state index >= 15 is 0 Å². The van der Waals surface area contributed by atoms with Crippen LogP contribution in [0, 0.1) is 0 Å². The first-order valence-corrected chi connectivity index (χ1v) is 9.92. The number of pyridine rings is 1. The summed E-state index contributed by atoms with van der Waals surface area (Å²) >= 11 is 4.62. The molecule has 2 N–H and O–H groups in total. The van der Waals surface area contributed by atoms with Crippen LogP contribution in [0.3, 0.4) is 0 Å². The highest BCUT2D eigenvalue weighted by Gasteiger charge is 2.23. The number of fused-ring (bicyclic) bond motifs is 2. The van der Waals surface area contributed by atoms with Crippen LogP contribution >= 0.6 is 27.3 Å². The second-order valence-corrected chi connectivity index (χ2v) is 7.82. The highest BCUT2D eigenvalue weighted by molar-refractivity contribution is 9.10. The molecular formula is C20H15BrN2O3S. The number of hydrogen-bond donors (Lipinski definition) is 1. The molecule has 2 aromatic carbocycles. The number of nitrogens with two attached hydrogens (primary N) is 1. The van der Waals surface area contributed by atoms with Crippen molar-refractivity contribution in [2.75, 3.05) is 12.3 Å². The fraction of sp³-hybridized carbons (Fsp3) is 0.100. The first-order valence-electron chi connectivity index (χ1n) is 8.31. The Hall–Kier alpha value is -2.64. The molecule has 136 valence electrons. The van der Waals surface area contributed by atoms with Crippen LogP contribution < -0.4 is 11.2 Å². The molecule has 0 bridgehead atoms. The number of aromatic nitrogens is 1. The third kappa shape index (κ3) is 2.83. The van der Waals surface area contributed by atoms with Gasteiger partial charge in [-0.3, -0.25) is 4.79 Å². The molecule has 0 aliphatic rings. The first-order chi connectivity index (χ1) is 13.0. The average molecular weight is 443 g/mol. The summed E-state index contributed by atoms with van der Waals surface area (Å²) in [6.07, 6.45) is 0. The van der Waals surface area contributed by atoms with E-state index in [4.69, 9.17) is 10.5 Å². The minimum Gasteiger partial charge on any atom is -0.462 e. The summed E-state index contributed by atoms with van der Waals surface area (Å²) < 4.78 is 8.02. The van der Waals surface area contributed by atoms with Crippen LogP contribution in [0.25, 0.3) is 26.8 Å². The molecule has 0 unspecified atom stereocenters. The summed E-state index contributed by atoms with van der Waals surface area (Å²) in [7, 11) is 0. The van der Waals surface area contributed by atoms with Gasteiger partial charge in [-0.1, -0.05) is 28.1 Å². The van der Waals surface area contributed by atoms with Gasteiger partial charge in [0.15, 0.2) is 5.43 Å². The molecule has 2 aromatic heterocycles. The monoisotopic (exact) mass is 442 g/mol. The number of benzene rings is 2. The number of ether oxygens (including phenoxy) is 1. The fourth-order valence-corrected chi connectivity index (χ4v) is 4.52. The predicted molar refractivity (Wildman–Crippen MR) is 113 cm³/mol. The van der Waals surface area contributed by atoms with Crippen LogP contribution in [0.1, 0.15) is 16.6 Å². The standard InChI is InChI=1S/C20H15BrN2O3S/c1-2-26-20(25)18-16(22)15-17(24)13-5-3-4-6-14(13)23(19(15)27-18)12-9-7-11(21)8-10-12/h3-10H,2,22H2,1H3. The lowest BCUT2D eigenvalue weighted by Gasteiger charge is -2.13. The van der Waals surface area contributed by atoms with E-state index in [1.54, 1.807) is 13.0 Å². The van der Waals surface area contributed by atoms with E-state index in [2.05, 4.69) is 15.9 Å². The van der Waals surface area contributed by atoms with Gasteiger partial charge in [0.2, 0.25) is 0 Å². The quantitative estimate of drug-likeness (QED) is 0.465. The van der Waals surface area contributed by atoms with Crippen molar-refractivity contribution in [3.8, 4) is 5.69 Å². The highest BCUT2D eigenvalue weighted by Crippen LogP contribution is 2.36. The number of esters is 1. The molecule has 0 spiro atoms. The number of para-hydroxylation sites is 1. The number of rotatable bonds is 3. The number of nitrogen functional groups attached to an aromatic ring is 1. The van der Waals surface area contributed by atoms with Gasteiger partial charge in [0.1, 0.15) is 9.71 Å². The summed E-state index contributed by atoms with van der Waals surface area (Å²) in [5.41, 5.74) is 7.85. The maximum Gasteiger partial charge on any atom is 0.350 e. The van der Waals surface area contributed by atoms with E-state index in [1.807, 2.05) is 47.0 Å². The Bertz CT molecular complexity index is 1240. The molecule has 5 nitrogen and oxygen atoms in total. The topological polar surface area (TPSA) is 74.3 Å². The van der Waals surface area contributed by atoms with Gasteiger partial charge < -0.3 is 15.0 Å². The van der Waals surface area contributed by atoms with Gasteiger partial charge in [0.05, 0.1) is 23.2 Å². The molecule has 0 aliphatic heterocycles. The Morgan fingerprint density at radius 3 is 2.59 bits per heavy atom. The van der Waals surface area contributed by atoms with Gasteiger partial charge in [-0.05, 0) is 43.3 Å². The highest BCUT2D eigenvalue weighted by atomic mass is 79.9. The lowest BCUT2D eigenvalue weighted by Crippen LogP contribution is -2.10. The maximum atomic E-state index is 13.1. The van der Waals surface area contributed by atoms with E-state index in [0.717, 1.165) is 15.7 Å². The van der Waals surface area contributed by atoms with E-state index < -0.39 is 5.97 Å². The molecular weight excluding hydrogens is 428 g/mol. The van der Waals surface area contributed by atoms with Crippen molar-refractivity contribution < 1.29 is 9.53 Å². The minimum atomic E-state index is -0.512. The smallest absolute Gasteiger partial charge is 0.350 e. The third-order valence-electron chi connectivity index (χ3n) is 4.29. The second kappa shape index (κ2) is 6.83. The number of carbonyl (C=O) groups is 1. The molecule has 27 heavy (non-hydrogen) atoms. The molecule has 0 saturated heterocycles.